The van der Waals surface area contributed by atoms with Gasteiger partial charge in [-0.05, 0) is 41.0 Å². The zero-order valence-electron chi connectivity index (χ0n) is 15.6. The van der Waals surface area contributed by atoms with Gasteiger partial charge in [0.2, 0.25) is 15.9 Å². The summed E-state index contributed by atoms with van der Waals surface area (Å²) in [6, 6.07) is 18.8. The predicted octanol–water partition coefficient (Wildman–Crippen LogP) is 3.88. The van der Waals surface area contributed by atoms with E-state index in [1.807, 2.05) is 42.5 Å². The van der Waals surface area contributed by atoms with Crippen LogP contribution in [0.2, 0.25) is 5.02 Å². The lowest BCUT2D eigenvalue weighted by atomic mass is 10.0. The van der Waals surface area contributed by atoms with Crippen LogP contribution >= 0.6 is 11.6 Å². The van der Waals surface area contributed by atoms with Crippen molar-refractivity contribution < 1.29 is 13.2 Å². The van der Waals surface area contributed by atoms with Crippen molar-refractivity contribution in [1.29, 1.82) is 0 Å². The van der Waals surface area contributed by atoms with E-state index in [9.17, 15) is 13.2 Å². The van der Waals surface area contributed by atoms with Gasteiger partial charge in [-0.1, -0.05) is 60.1 Å². The fourth-order valence-corrected chi connectivity index (χ4v) is 4.13. The summed E-state index contributed by atoms with van der Waals surface area (Å²) in [6.45, 7) is 1.77. The molecule has 3 aromatic carbocycles. The van der Waals surface area contributed by atoms with Crippen LogP contribution in [-0.2, 0) is 21.4 Å². The third-order valence-electron chi connectivity index (χ3n) is 4.48. The van der Waals surface area contributed by atoms with Gasteiger partial charge in [0.25, 0.3) is 0 Å². The summed E-state index contributed by atoms with van der Waals surface area (Å²) < 4.78 is 25.6. The van der Waals surface area contributed by atoms with Gasteiger partial charge in [-0.3, -0.25) is 9.10 Å². The fraction of sp³-hybridized carbons (Fsp3) is 0.190. The molecule has 0 radical (unpaired) electrons. The third-order valence-corrected chi connectivity index (χ3v) is 5.84. The van der Waals surface area contributed by atoms with E-state index in [4.69, 9.17) is 11.6 Å². The second-order valence-electron chi connectivity index (χ2n) is 6.62. The number of benzene rings is 3. The monoisotopic (exact) mass is 416 g/mol. The summed E-state index contributed by atoms with van der Waals surface area (Å²) in [6.07, 6.45) is 1.07. The number of hydrogen-bond donors (Lipinski definition) is 1. The average Bonchev–Trinajstić information content (AvgIpc) is 2.65. The Labute approximate surface area is 170 Å². The van der Waals surface area contributed by atoms with E-state index in [0.717, 1.165) is 32.5 Å². The number of carbonyl (C=O) groups is 1. The first-order valence-electron chi connectivity index (χ1n) is 8.73. The number of anilines is 1. The van der Waals surface area contributed by atoms with Gasteiger partial charge in [0, 0.05) is 11.6 Å². The molecule has 3 rings (SSSR count). The molecule has 0 saturated heterocycles. The van der Waals surface area contributed by atoms with Crippen LogP contribution in [0.4, 0.5) is 5.69 Å². The van der Waals surface area contributed by atoms with Crippen molar-refractivity contribution in [3.8, 4) is 0 Å². The van der Waals surface area contributed by atoms with Gasteiger partial charge in [-0.15, -0.1) is 0 Å². The molecule has 0 atom stereocenters. The highest BCUT2D eigenvalue weighted by molar-refractivity contribution is 7.92. The Balaban J connectivity index is 1.78. The van der Waals surface area contributed by atoms with Gasteiger partial charge in [0.15, 0.2) is 0 Å². The number of sulfonamides is 1. The van der Waals surface area contributed by atoms with Crippen molar-refractivity contribution in [2.45, 2.75) is 13.5 Å². The second kappa shape index (κ2) is 8.20. The number of nitrogens with one attached hydrogen (secondary N) is 1. The second-order valence-corrected chi connectivity index (χ2v) is 8.96. The minimum Gasteiger partial charge on any atom is -0.350 e. The molecule has 28 heavy (non-hydrogen) atoms. The van der Waals surface area contributed by atoms with E-state index in [2.05, 4.69) is 5.32 Å². The molecule has 1 amide bonds. The first kappa shape index (κ1) is 20.2. The zero-order chi connectivity index (χ0) is 20.3. The Kier molecular flexibility index (Phi) is 5.91. The Morgan fingerprint density at radius 3 is 2.54 bits per heavy atom. The number of rotatable bonds is 6. The molecule has 5 nitrogen and oxygen atoms in total. The van der Waals surface area contributed by atoms with Crippen molar-refractivity contribution in [3.05, 3.63) is 76.8 Å². The van der Waals surface area contributed by atoms with E-state index in [0.29, 0.717) is 17.3 Å². The molecular formula is C21H21ClN2O3S. The quantitative estimate of drug-likeness (QED) is 0.663. The van der Waals surface area contributed by atoms with Crippen molar-refractivity contribution >= 4 is 44.0 Å². The maximum absolute atomic E-state index is 12.5. The molecule has 0 bridgehead atoms. The summed E-state index contributed by atoms with van der Waals surface area (Å²) in [4.78, 5) is 12.5. The molecule has 0 aliphatic carbocycles. The first-order valence-corrected chi connectivity index (χ1v) is 11.0. The minimum absolute atomic E-state index is 0.312. The van der Waals surface area contributed by atoms with E-state index in [1.165, 1.54) is 0 Å². The van der Waals surface area contributed by atoms with Gasteiger partial charge in [-0.2, -0.15) is 0 Å². The van der Waals surface area contributed by atoms with Crippen LogP contribution in [0.15, 0.2) is 60.7 Å². The fourth-order valence-electron chi connectivity index (χ4n) is 3.06. The van der Waals surface area contributed by atoms with Gasteiger partial charge < -0.3 is 5.32 Å². The summed E-state index contributed by atoms with van der Waals surface area (Å²) in [5.41, 5.74) is 2.09. The van der Waals surface area contributed by atoms with Crippen LogP contribution in [0.25, 0.3) is 10.8 Å². The highest BCUT2D eigenvalue weighted by atomic mass is 35.5. The van der Waals surface area contributed by atoms with E-state index in [1.54, 1.807) is 25.1 Å². The van der Waals surface area contributed by atoms with Crippen molar-refractivity contribution in [2.75, 3.05) is 17.1 Å². The molecule has 7 heteroatoms. The van der Waals surface area contributed by atoms with Gasteiger partial charge in [0.05, 0.1) is 11.9 Å². The molecule has 0 heterocycles. The van der Waals surface area contributed by atoms with E-state index < -0.39 is 15.9 Å². The number of amides is 1. The molecule has 0 aliphatic heterocycles. The number of nitrogens with zero attached hydrogens (tertiary/aromatic N) is 1. The molecule has 0 fully saturated rings. The van der Waals surface area contributed by atoms with Gasteiger partial charge >= 0.3 is 0 Å². The van der Waals surface area contributed by atoms with Crippen LogP contribution in [0, 0.1) is 6.92 Å². The Morgan fingerprint density at radius 2 is 1.79 bits per heavy atom. The largest absolute Gasteiger partial charge is 0.350 e. The standard InChI is InChI=1S/C21H21ClN2O3S/c1-15-10-11-18(22)12-20(15)24(28(2,26)27)14-21(25)23-13-17-8-5-7-16-6-3-4-9-19(16)17/h3-12H,13-14H2,1-2H3,(H,23,25). The minimum atomic E-state index is -3.66. The van der Waals surface area contributed by atoms with Gasteiger partial charge in [-0.25, -0.2) is 8.42 Å². The van der Waals surface area contributed by atoms with Crippen LogP contribution in [0.5, 0.6) is 0 Å². The summed E-state index contributed by atoms with van der Waals surface area (Å²) in [7, 11) is -3.66. The molecule has 0 aromatic heterocycles. The zero-order valence-corrected chi connectivity index (χ0v) is 17.2. The molecule has 0 saturated carbocycles. The maximum atomic E-state index is 12.5. The lowest BCUT2D eigenvalue weighted by molar-refractivity contribution is -0.119. The van der Waals surface area contributed by atoms with Gasteiger partial charge in [0.1, 0.15) is 6.54 Å². The number of fused-ring (bicyclic) bond motifs is 1. The number of hydrogen-bond acceptors (Lipinski definition) is 3. The lowest BCUT2D eigenvalue weighted by Gasteiger charge is -2.24. The van der Waals surface area contributed by atoms with Crippen LogP contribution in [-0.4, -0.2) is 27.1 Å². The highest BCUT2D eigenvalue weighted by Gasteiger charge is 2.22. The van der Waals surface area contributed by atoms with E-state index >= 15 is 0 Å². The Morgan fingerprint density at radius 1 is 1.07 bits per heavy atom. The van der Waals surface area contributed by atoms with Crippen molar-refractivity contribution in [2.24, 2.45) is 0 Å². The van der Waals surface area contributed by atoms with Crippen LogP contribution < -0.4 is 9.62 Å². The highest BCUT2D eigenvalue weighted by Crippen LogP contribution is 2.26. The molecule has 0 spiro atoms. The third kappa shape index (κ3) is 4.64. The molecule has 1 N–H and O–H groups in total. The van der Waals surface area contributed by atoms with Crippen LogP contribution in [0.3, 0.4) is 0 Å². The summed E-state index contributed by atoms with van der Waals surface area (Å²) in [5.74, 6) is -0.391. The summed E-state index contributed by atoms with van der Waals surface area (Å²) >= 11 is 6.02. The maximum Gasteiger partial charge on any atom is 0.241 e. The molecule has 0 unspecified atom stereocenters. The lowest BCUT2D eigenvalue weighted by Crippen LogP contribution is -2.40. The Bertz CT molecular complexity index is 1120. The van der Waals surface area contributed by atoms with Crippen molar-refractivity contribution in [3.63, 3.8) is 0 Å². The van der Waals surface area contributed by atoms with E-state index in [-0.39, 0.29) is 6.54 Å². The molecule has 3 aromatic rings. The molecular weight excluding hydrogens is 396 g/mol. The predicted molar refractivity (Wildman–Crippen MR) is 114 cm³/mol. The first-order chi connectivity index (χ1) is 13.3. The number of halogens is 1. The van der Waals surface area contributed by atoms with Crippen molar-refractivity contribution in [1.82, 2.24) is 5.32 Å². The SMILES string of the molecule is Cc1ccc(Cl)cc1N(CC(=O)NCc1cccc2ccccc12)S(C)(=O)=O. The number of aryl methyl sites for hydroxylation is 1. The summed E-state index contributed by atoms with van der Waals surface area (Å²) in [5, 5.41) is 5.36. The molecule has 146 valence electrons. The number of carbonyl (C=O) groups excluding carboxylic acids is 1. The van der Waals surface area contributed by atoms with Crippen LogP contribution in [0.1, 0.15) is 11.1 Å². The Hall–Kier alpha value is -2.57. The normalized spacial score (nSPS) is 11.4. The smallest absolute Gasteiger partial charge is 0.241 e. The average molecular weight is 417 g/mol. The topological polar surface area (TPSA) is 66.5 Å². The molecule has 0 aliphatic rings.